The van der Waals surface area contributed by atoms with E-state index in [9.17, 15) is 26.4 Å². The minimum atomic E-state index is -4.74. The third kappa shape index (κ3) is 4.66. The van der Waals surface area contributed by atoms with Crippen LogP contribution in [0.4, 0.5) is 19.0 Å². The van der Waals surface area contributed by atoms with Gasteiger partial charge in [0.1, 0.15) is 17.1 Å². The molecule has 0 spiro atoms. The highest BCUT2D eigenvalue weighted by Crippen LogP contribution is 2.29. The Kier molecular flexibility index (Phi) is 4.55. The number of alkyl halides is 3. The van der Waals surface area contributed by atoms with Crippen molar-refractivity contribution in [3.8, 4) is 0 Å². The minimum absolute atomic E-state index is 0.368. The van der Waals surface area contributed by atoms with E-state index in [1.165, 1.54) is 0 Å². The van der Waals surface area contributed by atoms with Crippen LogP contribution < -0.4 is 10.5 Å². The third-order valence-corrected chi connectivity index (χ3v) is 2.87. The van der Waals surface area contributed by atoms with Gasteiger partial charge in [0.15, 0.2) is 0 Å². The molecule has 1 aromatic heterocycles. The number of anilines is 1. The summed E-state index contributed by atoms with van der Waals surface area (Å²) in [7, 11) is -3.83. The van der Waals surface area contributed by atoms with Crippen LogP contribution >= 0.6 is 0 Å². The molecule has 0 aliphatic heterocycles. The molecule has 0 fully saturated rings. The van der Waals surface area contributed by atoms with Gasteiger partial charge >= 0.3 is 12.1 Å². The number of rotatable bonds is 5. The summed E-state index contributed by atoms with van der Waals surface area (Å²) in [4.78, 5) is 14.0. The number of carboxylic acid groups (broad SMARTS) is 1. The summed E-state index contributed by atoms with van der Waals surface area (Å²) >= 11 is 0. The molecule has 0 saturated heterocycles. The number of nitrogens with one attached hydrogen (secondary N) is 1. The van der Waals surface area contributed by atoms with E-state index in [1.54, 1.807) is 0 Å². The molecule has 0 radical (unpaired) electrons. The fraction of sp³-hybridized carbons (Fsp3) is 0.333. The summed E-state index contributed by atoms with van der Waals surface area (Å²) in [5.41, 5.74) is -1.80. The number of primary sulfonamides is 1. The maximum absolute atomic E-state index is 12.5. The van der Waals surface area contributed by atoms with Crippen LogP contribution in [-0.4, -0.2) is 36.8 Å². The van der Waals surface area contributed by atoms with Crippen LogP contribution in [0.1, 0.15) is 16.1 Å². The average molecular weight is 313 g/mol. The number of aromatic carboxylic acids is 1. The van der Waals surface area contributed by atoms with Crippen LogP contribution in [0.15, 0.2) is 12.1 Å². The van der Waals surface area contributed by atoms with Crippen molar-refractivity contribution in [2.75, 3.05) is 17.6 Å². The van der Waals surface area contributed by atoms with Crippen molar-refractivity contribution in [1.29, 1.82) is 0 Å². The number of sulfonamides is 1. The summed E-state index contributed by atoms with van der Waals surface area (Å²) in [6.07, 6.45) is -4.74. The highest BCUT2D eigenvalue weighted by molar-refractivity contribution is 7.89. The lowest BCUT2D eigenvalue weighted by Gasteiger charge is -2.11. The Hall–Kier alpha value is -1.88. The Morgan fingerprint density at radius 3 is 2.45 bits per heavy atom. The quantitative estimate of drug-likeness (QED) is 0.727. The van der Waals surface area contributed by atoms with Crippen LogP contribution in [0.2, 0.25) is 0 Å². The molecule has 7 nitrogen and oxygen atoms in total. The lowest BCUT2D eigenvalue weighted by atomic mass is 10.2. The Balaban J connectivity index is 3.04. The Labute approximate surface area is 111 Å². The smallest absolute Gasteiger partial charge is 0.433 e. The van der Waals surface area contributed by atoms with Gasteiger partial charge in [-0.1, -0.05) is 0 Å². The standard InChI is InChI=1S/C9H10F3N3O4S/c10-9(11,12)6-2-1-5(8(16)17)7(15-6)14-3-4-20(13,18)19/h1-2H,3-4H2,(H,14,15)(H,16,17)(H2,13,18,19). The summed E-state index contributed by atoms with van der Waals surface area (Å²) in [6, 6.07) is 1.26. The number of carboxylic acids is 1. The number of carbonyl (C=O) groups is 1. The van der Waals surface area contributed by atoms with Gasteiger partial charge in [0.05, 0.1) is 5.75 Å². The average Bonchev–Trinajstić information content (AvgIpc) is 2.25. The summed E-state index contributed by atoms with van der Waals surface area (Å²) in [6.45, 7) is -0.368. The molecule has 112 valence electrons. The summed E-state index contributed by atoms with van der Waals surface area (Å²) < 4.78 is 58.8. The van der Waals surface area contributed by atoms with E-state index in [1.807, 2.05) is 0 Å². The number of nitrogens with two attached hydrogens (primary N) is 1. The first-order valence-corrected chi connectivity index (χ1v) is 6.78. The monoisotopic (exact) mass is 313 g/mol. The van der Waals surface area contributed by atoms with Crippen LogP contribution in [0.3, 0.4) is 0 Å². The fourth-order valence-electron chi connectivity index (χ4n) is 1.24. The second kappa shape index (κ2) is 5.63. The SMILES string of the molecule is NS(=O)(=O)CCNc1nc(C(F)(F)F)ccc1C(=O)O. The predicted molar refractivity (Wildman–Crippen MR) is 62.7 cm³/mol. The van der Waals surface area contributed by atoms with Gasteiger partial charge in [-0.2, -0.15) is 13.2 Å². The van der Waals surface area contributed by atoms with E-state index in [0.29, 0.717) is 6.07 Å². The fourth-order valence-corrected chi connectivity index (χ4v) is 1.62. The molecule has 1 rings (SSSR count). The molecule has 11 heteroatoms. The summed E-state index contributed by atoms with van der Waals surface area (Å²) in [5, 5.41) is 15.7. The normalized spacial score (nSPS) is 12.2. The van der Waals surface area contributed by atoms with Crippen LogP contribution in [0.25, 0.3) is 0 Å². The van der Waals surface area contributed by atoms with Gasteiger partial charge in [-0.05, 0) is 12.1 Å². The molecule has 0 amide bonds. The molecule has 20 heavy (non-hydrogen) atoms. The van der Waals surface area contributed by atoms with Gasteiger partial charge in [0, 0.05) is 6.54 Å². The van der Waals surface area contributed by atoms with Gasteiger partial charge in [-0.25, -0.2) is 23.3 Å². The molecule has 0 aliphatic rings. The number of pyridine rings is 1. The zero-order valence-corrected chi connectivity index (χ0v) is 10.6. The predicted octanol–water partition coefficient (Wildman–Crippen LogP) is 0.499. The van der Waals surface area contributed by atoms with Gasteiger partial charge in [-0.15, -0.1) is 0 Å². The lowest BCUT2D eigenvalue weighted by Crippen LogP contribution is -2.23. The van der Waals surface area contributed by atoms with Crippen molar-refractivity contribution in [2.45, 2.75) is 6.18 Å². The molecule has 0 saturated carbocycles. The molecule has 0 unspecified atom stereocenters. The van der Waals surface area contributed by atoms with Gasteiger partial charge < -0.3 is 10.4 Å². The number of halogens is 3. The van der Waals surface area contributed by atoms with Crippen molar-refractivity contribution in [3.05, 3.63) is 23.4 Å². The zero-order valence-electron chi connectivity index (χ0n) is 9.81. The van der Waals surface area contributed by atoms with Crippen LogP contribution in [-0.2, 0) is 16.2 Å². The molecule has 1 aromatic rings. The van der Waals surface area contributed by atoms with Crippen LogP contribution in [0, 0.1) is 0 Å². The second-order valence-corrected chi connectivity index (χ2v) is 5.42. The molecule has 0 aliphatic carbocycles. The highest BCUT2D eigenvalue weighted by atomic mass is 32.2. The van der Waals surface area contributed by atoms with Gasteiger partial charge in [0.25, 0.3) is 0 Å². The molecule has 0 bridgehead atoms. The van der Waals surface area contributed by atoms with Gasteiger partial charge in [0.2, 0.25) is 10.0 Å². The maximum Gasteiger partial charge on any atom is 0.433 e. The van der Waals surface area contributed by atoms with E-state index < -0.39 is 45.0 Å². The van der Waals surface area contributed by atoms with Gasteiger partial charge in [-0.3, -0.25) is 0 Å². The molecule has 1 heterocycles. The summed E-state index contributed by atoms with van der Waals surface area (Å²) in [5.74, 6) is -2.65. The van der Waals surface area contributed by atoms with Crippen LogP contribution in [0.5, 0.6) is 0 Å². The Morgan fingerprint density at radius 2 is 2.00 bits per heavy atom. The zero-order chi connectivity index (χ0) is 15.6. The highest BCUT2D eigenvalue weighted by Gasteiger charge is 2.33. The largest absolute Gasteiger partial charge is 0.478 e. The lowest BCUT2D eigenvalue weighted by molar-refractivity contribution is -0.141. The van der Waals surface area contributed by atoms with E-state index in [2.05, 4.69) is 10.3 Å². The minimum Gasteiger partial charge on any atom is -0.478 e. The number of nitrogens with zero attached hydrogens (tertiary/aromatic N) is 1. The maximum atomic E-state index is 12.5. The number of hydrogen-bond donors (Lipinski definition) is 3. The van der Waals surface area contributed by atoms with Crippen molar-refractivity contribution in [1.82, 2.24) is 4.98 Å². The number of aromatic nitrogens is 1. The van der Waals surface area contributed by atoms with E-state index in [-0.39, 0.29) is 6.54 Å². The number of hydrogen-bond acceptors (Lipinski definition) is 5. The Bertz CT molecular complexity index is 615. The first-order valence-electron chi connectivity index (χ1n) is 5.06. The molecular formula is C9H10F3N3O4S. The topological polar surface area (TPSA) is 122 Å². The third-order valence-electron chi connectivity index (χ3n) is 2.10. The first-order chi connectivity index (χ1) is 9.00. The second-order valence-electron chi connectivity index (χ2n) is 3.69. The molecule has 0 atom stereocenters. The van der Waals surface area contributed by atoms with Crippen molar-refractivity contribution in [2.24, 2.45) is 5.14 Å². The van der Waals surface area contributed by atoms with E-state index in [4.69, 9.17) is 10.2 Å². The molecule has 0 aromatic carbocycles. The van der Waals surface area contributed by atoms with Crippen molar-refractivity contribution < 1.29 is 31.5 Å². The van der Waals surface area contributed by atoms with E-state index >= 15 is 0 Å². The first kappa shape index (κ1) is 16.2. The molecular weight excluding hydrogens is 303 g/mol. The van der Waals surface area contributed by atoms with E-state index in [0.717, 1.165) is 6.07 Å². The van der Waals surface area contributed by atoms with Crippen molar-refractivity contribution in [3.63, 3.8) is 0 Å². The Morgan fingerprint density at radius 1 is 1.40 bits per heavy atom. The molecule has 4 N–H and O–H groups in total. The van der Waals surface area contributed by atoms with Crippen molar-refractivity contribution >= 4 is 21.8 Å².